The predicted molar refractivity (Wildman–Crippen MR) is 63.6 cm³/mol. The summed E-state index contributed by atoms with van der Waals surface area (Å²) in [5.41, 5.74) is 0.389. The fraction of sp³-hybridized carbons (Fsp3) is 0.583. The lowest BCUT2D eigenvalue weighted by Gasteiger charge is -2.39. The summed E-state index contributed by atoms with van der Waals surface area (Å²) in [4.78, 5) is 10.5. The summed E-state index contributed by atoms with van der Waals surface area (Å²) in [5, 5.41) is 9.06. The van der Waals surface area contributed by atoms with Crippen LogP contribution in [0.1, 0.15) is 26.0 Å². The highest BCUT2D eigenvalue weighted by atomic mass is 16.5. The summed E-state index contributed by atoms with van der Waals surface area (Å²) < 4.78 is 5.63. The lowest BCUT2D eigenvalue weighted by Crippen LogP contribution is -2.49. The van der Waals surface area contributed by atoms with Crippen molar-refractivity contribution in [1.29, 1.82) is 5.26 Å². The Hall–Kier alpha value is -1.67. The van der Waals surface area contributed by atoms with Gasteiger partial charge in [-0.3, -0.25) is 0 Å². The van der Waals surface area contributed by atoms with E-state index < -0.39 is 0 Å². The second-order valence-electron chi connectivity index (χ2n) is 4.20. The number of aromatic nitrogens is 2. The van der Waals surface area contributed by atoms with Gasteiger partial charge in [-0.2, -0.15) is 5.26 Å². The molecule has 0 N–H and O–H groups in total. The Morgan fingerprint density at radius 1 is 1.53 bits per heavy atom. The molecule has 0 amide bonds. The number of morpholine rings is 1. The number of anilines is 1. The maximum atomic E-state index is 9.06. The van der Waals surface area contributed by atoms with Crippen molar-refractivity contribution in [3.8, 4) is 6.07 Å². The monoisotopic (exact) mass is 232 g/mol. The molecule has 2 heterocycles. The first kappa shape index (κ1) is 11.8. The van der Waals surface area contributed by atoms with Crippen molar-refractivity contribution in [2.24, 2.45) is 0 Å². The van der Waals surface area contributed by atoms with Gasteiger partial charge in [-0.05, 0) is 13.3 Å². The van der Waals surface area contributed by atoms with E-state index in [1.807, 2.05) is 6.92 Å². The van der Waals surface area contributed by atoms with Gasteiger partial charge in [0.2, 0.25) is 0 Å². The molecule has 0 aromatic carbocycles. The number of rotatable bonds is 2. The van der Waals surface area contributed by atoms with E-state index >= 15 is 0 Å². The first-order chi connectivity index (χ1) is 8.26. The third-order valence-electron chi connectivity index (χ3n) is 3.00. The van der Waals surface area contributed by atoms with Crippen molar-refractivity contribution in [3.63, 3.8) is 0 Å². The Kier molecular flexibility index (Phi) is 3.55. The first-order valence-electron chi connectivity index (χ1n) is 5.85. The van der Waals surface area contributed by atoms with E-state index in [9.17, 15) is 0 Å². The van der Waals surface area contributed by atoms with Crippen molar-refractivity contribution in [2.45, 2.75) is 32.4 Å². The van der Waals surface area contributed by atoms with Crippen LogP contribution in [0.4, 0.5) is 5.82 Å². The summed E-state index contributed by atoms with van der Waals surface area (Å²) >= 11 is 0. The molecule has 2 unspecified atom stereocenters. The summed E-state index contributed by atoms with van der Waals surface area (Å²) in [5.74, 6) is 0.678. The molecular weight excluding hydrogens is 216 g/mol. The van der Waals surface area contributed by atoms with Gasteiger partial charge in [0.15, 0.2) is 11.5 Å². The van der Waals surface area contributed by atoms with Crippen LogP contribution in [0.15, 0.2) is 12.4 Å². The Morgan fingerprint density at radius 3 is 3.00 bits per heavy atom. The molecule has 0 bridgehead atoms. The third kappa shape index (κ3) is 2.37. The van der Waals surface area contributed by atoms with E-state index in [1.165, 1.54) is 0 Å². The molecule has 1 saturated heterocycles. The van der Waals surface area contributed by atoms with Crippen LogP contribution >= 0.6 is 0 Å². The van der Waals surface area contributed by atoms with Crippen LogP contribution in [-0.4, -0.2) is 35.3 Å². The average Bonchev–Trinajstić information content (AvgIpc) is 2.38. The van der Waals surface area contributed by atoms with Crippen LogP contribution in [0.5, 0.6) is 0 Å². The lowest BCUT2D eigenvalue weighted by atomic mass is 10.1. The van der Waals surface area contributed by atoms with Gasteiger partial charge in [0.05, 0.1) is 18.8 Å². The van der Waals surface area contributed by atoms with E-state index in [1.54, 1.807) is 12.4 Å². The molecule has 0 spiro atoms. The molecular formula is C12H16N4O. The minimum atomic E-state index is 0.159. The quantitative estimate of drug-likeness (QED) is 0.770. The first-order valence-corrected chi connectivity index (χ1v) is 5.85. The van der Waals surface area contributed by atoms with Gasteiger partial charge in [-0.15, -0.1) is 0 Å². The normalized spacial score (nSPS) is 24.4. The van der Waals surface area contributed by atoms with Gasteiger partial charge in [0.1, 0.15) is 6.07 Å². The lowest BCUT2D eigenvalue weighted by molar-refractivity contribution is 0.0295. The fourth-order valence-electron chi connectivity index (χ4n) is 2.06. The topological polar surface area (TPSA) is 62.0 Å². The van der Waals surface area contributed by atoms with Crippen molar-refractivity contribution in [2.75, 3.05) is 18.1 Å². The highest BCUT2D eigenvalue weighted by molar-refractivity contribution is 5.50. The molecule has 1 aliphatic heterocycles. The highest BCUT2D eigenvalue weighted by Gasteiger charge is 2.28. The van der Waals surface area contributed by atoms with Gasteiger partial charge in [0, 0.05) is 18.9 Å². The van der Waals surface area contributed by atoms with Gasteiger partial charge >= 0.3 is 0 Å². The molecule has 5 nitrogen and oxygen atoms in total. The zero-order valence-electron chi connectivity index (χ0n) is 10.1. The van der Waals surface area contributed by atoms with Gasteiger partial charge in [-0.25, -0.2) is 9.97 Å². The van der Waals surface area contributed by atoms with Crippen molar-refractivity contribution >= 4 is 5.82 Å². The molecule has 0 aliphatic carbocycles. The molecule has 1 aromatic rings. The Labute approximate surface area is 101 Å². The molecule has 0 radical (unpaired) electrons. The third-order valence-corrected chi connectivity index (χ3v) is 3.00. The number of hydrogen-bond acceptors (Lipinski definition) is 5. The molecule has 1 aliphatic rings. The van der Waals surface area contributed by atoms with Gasteiger partial charge in [0.25, 0.3) is 0 Å². The van der Waals surface area contributed by atoms with Crippen LogP contribution < -0.4 is 4.90 Å². The second kappa shape index (κ2) is 5.11. The Balaban J connectivity index is 2.32. The maximum Gasteiger partial charge on any atom is 0.183 e. The number of hydrogen-bond donors (Lipinski definition) is 0. The average molecular weight is 232 g/mol. The molecule has 90 valence electrons. The van der Waals surface area contributed by atoms with Crippen LogP contribution in [0, 0.1) is 11.3 Å². The van der Waals surface area contributed by atoms with Crippen LogP contribution in [-0.2, 0) is 4.74 Å². The molecule has 1 fully saturated rings. The zero-order chi connectivity index (χ0) is 12.3. The summed E-state index contributed by atoms with van der Waals surface area (Å²) in [7, 11) is 0. The molecule has 0 saturated carbocycles. The number of ether oxygens (including phenoxy) is 1. The predicted octanol–water partition coefficient (Wildman–Crippen LogP) is 1.35. The van der Waals surface area contributed by atoms with E-state index in [0.717, 1.165) is 13.0 Å². The highest BCUT2D eigenvalue weighted by Crippen LogP contribution is 2.23. The molecule has 2 rings (SSSR count). The summed E-state index contributed by atoms with van der Waals surface area (Å²) in [6, 6.07) is 2.37. The minimum Gasteiger partial charge on any atom is -0.375 e. The van der Waals surface area contributed by atoms with Crippen LogP contribution in [0.2, 0.25) is 0 Å². The smallest absolute Gasteiger partial charge is 0.183 e. The van der Waals surface area contributed by atoms with Crippen molar-refractivity contribution in [1.82, 2.24) is 9.97 Å². The molecule has 2 atom stereocenters. The Bertz CT molecular complexity index is 429. The van der Waals surface area contributed by atoms with E-state index in [2.05, 4.69) is 27.9 Å². The molecule has 17 heavy (non-hydrogen) atoms. The second-order valence-corrected chi connectivity index (χ2v) is 4.20. The summed E-state index contributed by atoms with van der Waals surface area (Å²) in [6.45, 7) is 5.58. The van der Waals surface area contributed by atoms with E-state index in [-0.39, 0.29) is 12.1 Å². The number of nitrogens with zero attached hydrogens (tertiary/aromatic N) is 4. The van der Waals surface area contributed by atoms with Gasteiger partial charge < -0.3 is 9.64 Å². The van der Waals surface area contributed by atoms with Crippen LogP contribution in [0.3, 0.4) is 0 Å². The summed E-state index contributed by atoms with van der Waals surface area (Å²) in [6.07, 6.45) is 4.30. The SMILES string of the molecule is CCC1COC(C)CN1c1nccnc1C#N. The Morgan fingerprint density at radius 2 is 2.29 bits per heavy atom. The molecule has 1 aromatic heterocycles. The number of nitriles is 1. The van der Waals surface area contributed by atoms with Crippen molar-refractivity contribution in [3.05, 3.63) is 18.1 Å². The van der Waals surface area contributed by atoms with E-state index in [0.29, 0.717) is 18.1 Å². The van der Waals surface area contributed by atoms with Crippen LogP contribution in [0.25, 0.3) is 0 Å². The fourth-order valence-corrected chi connectivity index (χ4v) is 2.06. The van der Waals surface area contributed by atoms with Crippen molar-refractivity contribution < 1.29 is 4.74 Å². The van der Waals surface area contributed by atoms with E-state index in [4.69, 9.17) is 10.00 Å². The molecule has 5 heteroatoms. The minimum absolute atomic E-state index is 0.159. The van der Waals surface area contributed by atoms with Gasteiger partial charge in [-0.1, -0.05) is 6.92 Å². The largest absolute Gasteiger partial charge is 0.375 e. The maximum absolute atomic E-state index is 9.06. The standard InChI is InChI=1S/C12H16N4O/c1-3-10-8-17-9(2)7-16(10)12-11(6-13)14-4-5-15-12/h4-5,9-10H,3,7-8H2,1-2H3. The zero-order valence-corrected chi connectivity index (χ0v) is 10.1.